The number of allylic oxidation sites excluding steroid dienone is 1. The summed E-state index contributed by atoms with van der Waals surface area (Å²) in [5.74, 6) is -0.435. The van der Waals surface area contributed by atoms with Crippen LogP contribution < -0.4 is 0 Å². The van der Waals surface area contributed by atoms with E-state index >= 15 is 0 Å². The first kappa shape index (κ1) is 17.0. The first-order valence-electron chi connectivity index (χ1n) is 8.05. The summed E-state index contributed by atoms with van der Waals surface area (Å²) in [5, 5.41) is 0. The summed E-state index contributed by atoms with van der Waals surface area (Å²) < 4.78 is 9.95. The molecule has 0 unspecified atom stereocenters. The molecule has 0 spiro atoms. The highest BCUT2D eigenvalue weighted by molar-refractivity contribution is 5.81. The van der Waals surface area contributed by atoms with Gasteiger partial charge in [-0.3, -0.25) is 9.59 Å². The summed E-state index contributed by atoms with van der Waals surface area (Å²) in [6.45, 7) is 6.10. The average Bonchev–Trinajstić information content (AvgIpc) is 2.44. The van der Waals surface area contributed by atoms with Crippen LogP contribution in [0.4, 0.5) is 0 Å². The molecule has 0 heterocycles. The molecule has 2 bridgehead atoms. The highest BCUT2D eigenvalue weighted by Crippen LogP contribution is 2.61. The van der Waals surface area contributed by atoms with E-state index in [9.17, 15) is 9.59 Å². The summed E-state index contributed by atoms with van der Waals surface area (Å²) in [6.07, 6.45) is 7.66. The predicted octanol–water partition coefficient (Wildman–Crippen LogP) is 3.65. The minimum atomic E-state index is -0.707. The van der Waals surface area contributed by atoms with Gasteiger partial charge in [0.25, 0.3) is 0 Å². The lowest BCUT2D eigenvalue weighted by Gasteiger charge is -2.53. The minimum absolute atomic E-state index is 0.197. The third-order valence-corrected chi connectivity index (χ3v) is 5.65. The Kier molecular flexibility index (Phi) is 4.42. The van der Waals surface area contributed by atoms with E-state index in [1.807, 2.05) is 13.8 Å². The van der Waals surface area contributed by atoms with Gasteiger partial charge in [0.2, 0.25) is 0 Å². The van der Waals surface area contributed by atoms with Crippen molar-refractivity contribution < 1.29 is 19.1 Å². The minimum Gasteiger partial charge on any atom is -0.469 e. The molecular formula is C18H28O4. The molecule has 4 nitrogen and oxygen atoms in total. The maximum atomic E-state index is 12.3. The molecule has 2 atom stereocenters. The van der Waals surface area contributed by atoms with Crippen molar-refractivity contribution >= 4 is 11.9 Å². The maximum absolute atomic E-state index is 12.3. The molecular weight excluding hydrogens is 280 g/mol. The van der Waals surface area contributed by atoms with E-state index in [1.54, 1.807) is 0 Å². The fourth-order valence-electron chi connectivity index (χ4n) is 4.69. The van der Waals surface area contributed by atoms with Crippen molar-refractivity contribution in [2.45, 2.75) is 59.3 Å². The zero-order chi connectivity index (χ0) is 16.6. The summed E-state index contributed by atoms with van der Waals surface area (Å²) >= 11 is 0. The Morgan fingerprint density at radius 1 is 1.23 bits per heavy atom. The largest absolute Gasteiger partial charge is 0.469 e. The van der Waals surface area contributed by atoms with E-state index in [2.05, 4.69) is 13.0 Å². The van der Waals surface area contributed by atoms with Crippen LogP contribution in [0.25, 0.3) is 0 Å². The molecule has 1 saturated carbocycles. The lowest BCUT2D eigenvalue weighted by molar-refractivity contribution is -0.152. The molecule has 124 valence electrons. The SMILES string of the molecule is COC(=O)C[C@]12CCC[C@](C)(CC=C1C(C)(C)C(=O)OC)C2. The van der Waals surface area contributed by atoms with Crippen molar-refractivity contribution in [1.29, 1.82) is 0 Å². The van der Waals surface area contributed by atoms with Crippen LogP contribution in [0.15, 0.2) is 11.6 Å². The van der Waals surface area contributed by atoms with Crippen LogP contribution in [-0.4, -0.2) is 26.2 Å². The molecule has 0 amide bonds. The molecule has 0 aliphatic heterocycles. The van der Waals surface area contributed by atoms with Gasteiger partial charge in [-0.25, -0.2) is 0 Å². The summed E-state index contributed by atoms with van der Waals surface area (Å²) in [7, 11) is 2.85. The Balaban J connectivity index is 2.47. The number of hydrogen-bond donors (Lipinski definition) is 0. The zero-order valence-corrected chi connectivity index (χ0v) is 14.5. The molecule has 4 heteroatoms. The molecule has 22 heavy (non-hydrogen) atoms. The molecule has 0 saturated heterocycles. The fraction of sp³-hybridized carbons (Fsp3) is 0.778. The Hall–Kier alpha value is -1.32. The van der Waals surface area contributed by atoms with Gasteiger partial charge in [-0.1, -0.05) is 25.0 Å². The Morgan fingerprint density at radius 2 is 1.91 bits per heavy atom. The second-order valence-corrected chi connectivity index (χ2v) is 7.81. The Labute approximate surface area is 133 Å². The van der Waals surface area contributed by atoms with Crippen LogP contribution in [-0.2, 0) is 19.1 Å². The van der Waals surface area contributed by atoms with E-state index in [4.69, 9.17) is 9.47 Å². The fourth-order valence-corrected chi connectivity index (χ4v) is 4.69. The molecule has 2 rings (SSSR count). The van der Waals surface area contributed by atoms with Crippen molar-refractivity contribution in [2.75, 3.05) is 14.2 Å². The van der Waals surface area contributed by atoms with Crippen LogP contribution in [0.5, 0.6) is 0 Å². The molecule has 1 fully saturated rings. The Bertz CT molecular complexity index is 505. The molecule has 0 radical (unpaired) electrons. The van der Waals surface area contributed by atoms with Gasteiger partial charge in [-0.15, -0.1) is 0 Å². The lowest BCUT2D eigenvalue weighted by atomic mass is 9.50. The molecule has 2 aliphatic rings. The van der Waals surface area contributed by atoms with Gasteiger partial charge in [0, 0.05) is 5.41 Å². The number of carbonyl (C=O) groups excluding carboxylic acids is 2. The number of rotatable bonds is 4. The van der Waals surface area contributed by atoms with Crippen LogP contribution in [0.3, 0.4) is 0 Å². The number of methoxy groups -OCH3 is 2. The number of ether oxygens (including phenoxy) is 2. The quantitative estimate of drug-likeness (QED) is 0.587. The Morgan fingerprint density at radius 3 is 2.50 bits per heavy atom. The van der Waals surface area contributed by atoms with Gasteiger partial charge < -0.3 is 9.47 Å². The third kappa shape index (κ3) is 2.80. The average molecular weight is 308 g/mol. The number of carbonyl (C=O) groups is 2. The topological polar surface area (TPSA) is 52.6 Å². The van der Waals surface area contributed by atoms with E-state index < -0.39 is 5.41 Å². The van der Waals surface area contributed by atoms with Gasteiger partial charge in [-0.2, -0.15) is 0 Å². The smallest absolute Gasteiger partial charge is 0.315 e. The van der Waals surface area contributed by atoms with Gasteiger partial charge >= 0.3 is 11.9 Å². The zero-order valence-electron chi connectivity index (χ0n) is 14.5. The highest BCUT2D eigenvalue weighted by Gasteiger charge is 2.53. The molecule has 0 aromatic heterocycles. The van der Waals surface area contributed by atoms with E-state index in [1.165, 1.54) is 20.6 Å². The van der Waals surface area contributed by atoms with Crippen LogP contribution in [0, 0.1) is 16.2 Å². The second-order valence-electron chi connectivity index (χ2n) is 7.81. The van der Waals surface area contributed by atoms with E-state index in [0.29, 0.717) is 6.42 Å². The number of esters is 2. The first-order chi connectivity index (χ1) is 10.2. The van der Waals surface area contributed by atoms with Gasteiger partial charge in [-0.05, 0) is 44.9 Å². The van der Waals surface area contributed by atoms with Gasteiger partial charge in [0.05, 0.1) is 26.1 Å². The van der Waals surface area contributed by atoms with Crippen molar-refractivity contribution in [1.82, 2.24) is 0 Å². The van der Waals surface area contributed by atoms with Crippen LogP contribution in [0.2, 0.25) is 0 Å². The van der Waals surface area contributed by atoms with Crippen molar-refractivity contribution in [3.8, 4) is 0 Å². The molecule has 0 aromatic carbocycles. The molecule has 0 aromatic rings. The number of hydrogen-bond acceptors (Lipinski definition) is 4. The van der Waals surface area contributed by atoms with Crippen molar-refractivity contribution in [3.63, 3.8) is 0 Å². The van der Waals surface area contributed by atoms with Crippen molar-refractivity contribution in [3.05, 3.63) is 11.6 Å². The van der Waals surface area contributed by atoms with E-state index in [0.717, 1.165) is 31.3 Å². The second kappa shape index (κ2) is 5.71. The predicted molar refractivity (Wildman–Crippen MR) is 84.1 cm³/mol. The standard InChI is InChI=1S/C18H28O4/c1-16(2,15(20)22-5)13-7-10-17(3)8-6-9-18(13,12-17)11-14(19)21-4/h7H,6,8-12H2,1-5H3/t17-,18+/m1/s1. The lowest BCUT2D eigenvalue weighted by Crippen LogP contribution is -2.46. The van der Waals surface area contributed by atoms with Gasteiger partial charge in [0.15, 0.2) is 0 Å². The highest BCUT2D eigenvalue weighted by atomic mass is 16.5. The summed E-state index contributed by atoms with van der Waals surface area (Å²) in [6, 6.07) is 0. The number of fused-ring (bicyclic) bond motifs is 2. The monoisotopic (exact) mass is 308 g/mol. The van der Waals surface area contributed by atoms with E-state index in [-0.39, 0.29) is 22.8 Å². The van der Waals surface area contributed by atoms with Crippen molar-refractivity contribution in [2.24, 2.45) is 16.2 Å². The first-order valence-corrected chi connectivity index (χ1v) is 8.05. The van der Waals surface area contributed by atoms with Gasteiger partial charge in [0.1, 0.15) is 0 Å². The molecule has 2 aliphatic carbocycles. The maximum Gasteiger partial charge on any atom is 0.315 e. The third-order valence-electron chi connectivity index (χ3n) is 5.65. The normalized spacial score (nSPS) is 31.2. The van der Waals surface area contributed by atoms with Crippen LogP contribution in [0.1, 0.15) is 59.3 Å². The molecule has 0 N–H and O–H groups in total. The summed E-state index contributed by atoms with van der Waals surface area (Å²) in [5.41, 5.74) is 0.314. The summed E-state index contributed by atoms with van der Waals surface area (Å²) in [4.78, 5) is 24.3. The van der Waals surface area contributed by atoms with Crippen LogP contribution >= 0.6 is 0 Å².